The van der Waals surface area contributed by atoms with Gasteiger partial charge < -0.3 is 14.9 Å². The van der Waals surface area contributed by atoms with E-state index in [1.54, 1.807) is 26.8 Å². The van der Waals surface area contributed by atoms with Gasteiger partial charge in [-0.15, -0.1) is 0 Å². The highest BCUT2D eigenvalue weighted by Crippen LogP contribution is 2.29. The van der Waals surface area contributed by atoms with Crippen LogP contribution in [0, 0.1) is 18.2 Å². The van der Waals surface area contributed by atoms with Crippen molar-refractivity contribution in [2.24, 2.45) is 5.41 Å². The number of aliphatic hydroxyl groups is 1. The second-order valence-electron chi connectivity index (χ2n) is 10.3. The molecule has 3 atom stereocenters. The second-order valence-corrected chi connectivity index (χ2v) is 10.3. The smallest absolute Gasteiger partial charge is 0.309 e. The van der Waals surface area contributed by atoms with E-state index in [0.29, 0.717) is 18.5 Å². The van der Waals surface area contributed by atoms with Crippen molar-refractivity contribution in [1.29, 1.82) is 0 Å². The maximum absolute atomic E-state index is 13.9. The molecule has 0 aliphatic carbocycles. The first-order valence-electron chi connectivity index (χ1n) is 12.2. The molecule has 1 aliphatic heterocycles. The van der Waals surface area contributed by atoms with Gasteiger partial charge in [0.25, 0.3) is 0 Å². The molecule has 1 saturated heterocycles. The second kappa shape index (κ2) is 11.4. The molecule has 1 heterocycles. The number of aryl methyl sites for hydroxylation is 1. The zero-order valence-corrected chi connectivity index (χ0v) is 20.8. The normalized spacial score (nSPS) is 18.7. The van der Waals surface area contributed by atoms with Crippen molar-refractivity contribution in [1.82, 2.24) is 4.90 Å². The van der Waals surface area contributed by atoms with E-state index >= 15 is 0 Å². The van der Waals surface area contributed by atoms with Gasteiger partial charge in [0.1, 0.15) is 5.82 Å². The van der Waals surface area contributed by atoms with Crippen molar-refractivity contribution >= 4 is 5.97 Å². The molecule has 0 aromatic heterocycles. The highest BCUT2D eigenvalue weighted by atomic mass is 19.1. The lowest BCUT2D eigenvalue weighted by Crippen LogP contribution is -2.39. The van der Waals surface area contributed by atoms with Gasteiger partial charge in [0.15, 0.2) is 0 Å². The number of aliphatic hydroxyl groups excluding tert-OH is 1. The van der Waals surface area contributed by atoms with Gasteiger partial charge in [-0.05, 0) is 88.2 Å². The largest absolute Gasteiger partial charge is 0.481 e. The van der Waals surface area contributed by atoms with Crippen molar-refractivity contribution in [2.45, 2.75) is 71.6 Å². The van der Waals surface area contributed by atoms with Crippen LogP contribution in [0.25, 0.3) is 0 Å². The molecule has 186 valence electrons. The minimum atomic E-state index is -0.875. The van der Waals surface area contributed by atoms with Gasteiger partial charge in [0.2, 0.25) is 0 Å². The Morgan fingerprint density at radius 2 is 2.00 bits per heavy atom. The SMILES string of the molecule is Cc1ccc(C[C@@H]2CCCN2C[C@H](O)CO[C@H](C)c2ccccc2CC(C)(C)C(=O)O)cc1F. The van der Waals surface area contributed by atoms with Crippen molar-refractivity contribution in [3.05, 3.63) is 70.5 Å². The summed E-state index contributed by atoms with van der Waals surface area (Å²) in [4.78, 5) is 13.8. The van der Waals surface area contributed by atoms with Gasteiger partial charge in [-0.25, -0.2) is 4.39 Å². The Kier molecular flexibility index (Phi) is 8.85. The maximum Gasteiger partial charge on any atom is 0.309 e. The van der Waals surface area contributed by atoms with Crippen LogP contribution in [0.5, 0.6) is 0 Å². The first-order chi connectivity index (χ1) is 16.1. The lowest BCUT2D eigenvalue weighted by atomic mass is 9.83. The topological polar surface area (TPSA) is 70.0 Å². The number of carboxylic acids is 1. The average molecular weight is 472 g/mol. The van der Waals surface area contributed by atoms with E-state index in [0.717, 1.165) is 42.5 Å². The van der Waals surface area contributed by atoms with Crippen LogP contribution < -0.4 is 0 Å². The van der Waals surface area contributed by atoms with Crippen LogP contribution in [0.4, 0.5) is 4.39 Å². The molecule has 0 radical (unpaired) electrons. The van der Waals surface area contributed by atoms with Crippen LogP contribution in [0.1, 0.15) is 62.0 Å². The number of halogens is 1. The number of aliphatic carboxylic acids is 1. The van der Waals surface area contributed by atoms with Gasteiger partial charge in [-0.1, -0.05) is 36.4 Å². The predicted octanol–water partition coefficient (Wildman–Crippen LogP) is 4.93. The molecule has 1 fully saturated rings. The number of nitrogens with zero attached hydrogens (tertiary/aromatic N) is 1. The third kappa shape index (κ3) is 6.87. The summed E-state index contributed by atoms with van der Waals surface area (Å²) in [6.45, 7) is 8.77. The fourth-order valence-corrected chi connectivity index (χ4v) is 4.71. The van der Waals surface area contributed by atoms with Crippen molar-refractivity contribution < 1.29 is 24.1 Å². The Hall–Kier alpha value is -2.28. The van der Waals surface area contributed by atoms with Crippen LogP contribution in [0.3, 0.4) is 0 Å². The molecule has 2 aromatic rings. The summed E-state index contributed by atoms with van der Waals surface area (Å²) in [7, 11) is 0. The number of β-amino-alcohol motifs (C(OH)–C–C–N with tert-alkyl or cyclic N) is 1. The quantitative estimate of drug-likeness (QED) is 0.486. The van der Waals surface area contributed by atoms with Gasteiger partial charge in [-0.2, -0.15) is 0 Å². The van der Waals surface area contributed by atoms with Crippen LogP contribution in [-0.4, -0.2) is 52.9 Å². The number of carboxylic acid groups (broad SMARTS) is 1. The average Bonchev–Trinajstić information content (AvgIpc) is 3.21. The molecular weight excluding hydrogens is 433 g/mol. The summed E-state index contributed by atoms with van der Waals surface area (Å²) in [5.74, 6) is -1.00. The summed E-state index contributed by atoms with van der Waals surface area (Å²) in [6, 6.07) is 13.4. The predicted molar refractivity (Wildman–Crippen MR) is 131 cm³/mol. The summed E-state index contributed by atoms with van der Waals surface area (Å²) in [5.41, 5.74) is 2.66. The molecule has 2 N–H and O–H groups in total. The van der Waals surface area contributed by atoms with Crippen LogP contribution in [-0.2, 0) is 22.4 Å². The molecule has 3 rings (SSSR count). The van der Waals surface area contributed by atoms with E-state index in [2.05, 4.69) is 4.90 Å². The molecular formula is C28H38FNO4. The third-order valence-corrected chi connectivity index (χ3v) is 6.89. The number of ether oxygens (including phenoxy) is 1. The lowest BCUT2D eigenvalue weighted by Gasteiger charge is -2.28. The lowest BCUT2D eigenvalue weighted by molar-refractivity contribution is -0.146. The summed E-state index contributed by atoms with van der Waals surface area (Å²) in [6.07, 6.45) is 2.38. The molecule has 1 aliphatic rings. The number of rotatable bonds is 11. The van der Waals surface area contributed by atoms with E-state index in [1.807, 2.05) is 43.3 Å². The minimum absolute atomic E-state index is 0.170. The van der Waals surface area contributed by atoms with E-state index in [1.165, 1.54) is 0 Å². The Morgan fingerprint density at radius 1 is 1.26 bits per heavy atom. The molecule has 0 bridgehead atoms. The van der Waals surface area contributed by atoms with Gasteiger partial charge in [0.05, 0.1) is 24.2 Å². The highest BCUT2D eigenvalue weighted by molar-refractivity contribution is 5.74. The first-order valence-corrected chi connectivity index (χ1v) is 12.2. The summed E-state index contributed by atoms with van der Waals surface area (Å²) >= 11 is 0. The molecule has 34 heavy (non-hydrogen) atoms. The zero-order valence-electron chi connectivity index (χ0n) is 20.8. The third-order valence-electron chi connectivity index (χ3n) is 6.89. The van der Waals surface area contributed by atoms with Crippen LogP contribution in [0.15, 0.2) is 42.5 Å². The van der Waals surface area contributed by atoms with Crippen LogP contribution >= 0.6 is 0 Å². The van der Waals surface area contributed by atoms with Gasteiger partial charge in [0, 0.05) is 12.6 Å². The van der Waals surface area contributed by atoms with Crippen molar-refractivity contribution in [2.75, 3.05) is 19.7 Å². The number of hydrogen-bond acceptors (Lipinski definition) is 4. The van der Waals surface area contributed by atoms with Crippen LogP contribution in [0.2, 0.25) is 0 Å². The highest BCUT2D eigenvalue weighted by Gasteiger charge is 2.30. The molecule has 5 nitrogen and oxygen atoms in total. The number of likely N-dealkylation sites (tertiary alicyclic amines) is 1. The zero-order chi connectivity index (χ0) is 24.9. The van der Waals surface area contributed by atoms with E-state index in [9.17, 15) is 19.4 Å². The van der Waals surface area contributed by atoms with Crippen molar-refractivity contribution in [3.8, 4) is 0 Å². The summed E-state index contributed by atoms with van der Waals surface area (Å²) < 4.78 is 20.0. The van der Waals surface area contributed by atoms with E-state index < -0.39 is 17.5 Å². The first kappa shape index (κ1) is 26.3. The molecule has 2 aromatic carbocycles. The minimum Gasteiger partial charge on any atom is -0.481 e. The van der Waals surface area contributed by atoms with E-state index in [4.69, 9.17) is 4.74 Å². The van der Waals surface area contributed by atoms with Gasteiger partial charge >= 0.3 is 5.97 Å². The molecule has 0 saturated carbocycles. The monoisotopic (exact) mass is 471 g/mol. The Morgan fingerprint density at radius 3 is 2.71 bits per heavy atom. The maximum atomic E-state index is 13.9. The molecule has 0 amide bonds. The standard InChI is InChI=1S/C28H38FNO4/c1-19-11-12-21(15-26(19)29)14-23-9-7-13-30(23)17-24(31)18-34-20(2)25-10-6-5-8-22(25)16-28(3,4)27(32)33/h5-6,8,10-12,15,20,23-24,31H,7,9,13-14,16-18H2,1-4H3,(H,32,33)/t20-,23+,24+/m1/s1. The van der Waals surface area contributed by atoms with Gasteiger partial charge in [-0.3, -0.25) is 9.69 Å². The summed E-state index contributed by atoms with van der Waals surface area (Å²) in [5, 5.41) is 20.2. The fraction of sp³-hybridized carbons (Fsp3) is 0.536. The molecule has 0 unspecified atom stereocenters. The molecule has 6 heteroatoms. The number of carbonyl (C=O) groups is 1. The Bertz CT molecular complexity index is 977. The van der Waals surface area contributed by atoms with E-state index in [-0.39, 0.29) is 24.6 Å². The Labute approximate surface area is 202 Å². The molecule has 0 spiro atoms. The number of benzene rings is 2. The number of hydrogen-bond donors (Lipinski definition) is 2. The Balaban J connectivity index is 1.55. The fourth-order valence-electron chi connectivity index (χ4n) is 4.71. The van der Waals surface area contributed by atoms with Crippen molar-refractivity contribution in [3.63, 3.8) is 0 Å².